The molecule has 136 valence electrons. The maximum Gasteiger partial charge on any atom is 0.225 e. The first-order valence-corrected chi connectivity index (χ1v) is 8.36. The Hall–Kier alpha value is -1.44. The molecule has 0 unspecified atom stereocenters. The van der Waals surface area contributed by atoms with Crippen LogP contribution in [0.5, 0.6) is 0 Å². The number of nitrogens with zero attached hydrogens (tertiary/aromatic N) is 3. The Kier molecular flexibility index (Phi) is 5.67. The average Bonchev–Trinajstić information content (AvgIpc) is 2.83. The predicted octanol–water partition coefficient (Wildman–Crippen LogP) is 0.749. The summed E-state index contributed by atoms with van der Waals surface area (Å²) in [6.07, 6.45) is 1.91. The van der Waals surface area contributed by atoms with Crippen LogP contribution in [0, 0.1) is 0 Å². The highest BCUT2D eigenvalue weighted by molar-refractivity contribution is 5.76. The van der Waals surface area contributed by atoms with E-state index in [1.54, 1.807) is 14.1 Å². The predicted molar refractivity (Wildman–Crippen MR) is 91.6 cm³/mol. The van der Waals surface area contributed by atoms with E-state index < -0.39 is 5.60 Å². The highest BCUT2D eigenvalue weighted by Gasteiger charge is 2.35. The number of H-pyrrole nitrogens is 1. The first-order valence-electron chi connectivity index (χ1n) is 8.36. The molecule has 24 heavy (non-hydrogen) atoms. The van der Waals surface area contributed by atoms with Gasteiger partial charge in [0.25, 0.3) is 0 Å². The van der Waals surface area contributed by atoms with Gasteiger partial charge in [0.1, 0.15) is 5.60 Å². The van der Waals surface area contributed by atoms with E-state index >= 15 is 0 Å². The van der Waals surface area contributed by atoms with Crippen LogP contribution in [0.15, 0.2) is 6.20 Å². The number of amides is 1. The SMILES string of the molecule is CN(C)C(=O)C[C@]1(O)COCCN(Cc2cn[nH]c2C(C)(C)C)C1. The summed E-state index contributed by atoms with van der Waals surface area (Å²) in [6.45, 7) is 8.94. The van der Waals surface area contributed by atoms with E-state index in [9.17, 15) is 9.90 Å². The van der Waals surface area contributed by atoms with Crippen LogP contribution >= 0.6 is 0 Å². The van der Waals surface area contributed by atoms with Crippen molar-refractivity contribution >= 4 is 5.91 Å². The van der Waals surface area contributed by atoms with Gasteiger partial charge < -0.3 is 14.7 Å². The number of aromatic nitrogens is 2. The van der Waals surface area contributed by atoms with Gasteiger partial charge >= 0.3 is 0 Å². The third kappa shape index (κ3) is 4.78. The molecule has 1 atom stereocenters. The van der Waals surface area contributed by atoms with Crippen molar-refractivity contribution < 1.29 is 14.6 Å². The lowest BCUT2D eigenvalue weighted by atomic mass is 9.89. The molecule has 1 amide bonds. The van der Waals surface area contributed by atoms with Crippen LogP contribution in [0.25, 0.3) is 0 Å². The zero-order chi connectivity index (χ0) is 18.0. The van der Waals surface area contributed by atoms with Gasteiger partial charge in [0.05, 0.1) is 25.8 Å². The van der Waals surface area contributed by atoms with E-state index in [4.69, 9.17) is 4.74 Å². The second-order valence-corrected chi connectivity index (χ2v) is 7.97. The normalized spacial score (nSPS) is 23.1. The summed E-state index contributed by atoms with van der Waals surface area (Å²) >= 11 is 0. The largest absolute Gasteiger partial charge is 0.386 e. The van der Waals surface area contributed by atoms with Crippen LogP contribution in [-0.4, -0.2) is 77.0 Å². The summed E-state index contributed by atoms with van der Waals surface area (Å²) in [4.78, 5) is 15.7. The molecule has 2 heterocycles. The Morgan fingerprint density at radius 1 is 1.50 bits per heavy atom. The molecule has 0 bridgehead atoms. The molecule has 1 aliphatic heterocycles. The smallest absolute Gasteiger partial charge is 0.225 e. The summed E-state index contributed by atoms with van der Waals surface area (Å²) in [5.74, 6) is -0.0957. The molecule has 0 saturated carbocycles. The molecule has 1 aromatic rings. The molecular formula is C17H30N4O3. The Labute approximate surface area is 144 Å². The van der Waals surface area contributed by atoms with Crippen LogP contribution in [0.1, 0.15) is 38.4 Å². The monoisotopic (exact) mass is 338 g/mol. The Morgan fingerprint density at radius 2 is 2.21 bits per heavy atom. The topological polar surface area (TPSA) is 81.7 Å². The molecular weight excluding hydrogens is 308 g/mol. The van der Waals surface area contributed by atoms with Gasteiger partial charge in [-0.1, -0.05) is 20.8 Å². The standard InChI is InChI=1S/C17H30N4O3/c1-16(2,3)15-13(9-18-19-15)10-21-6-7-24-12-17(23,11-21)8-14(22)20(4)5/h9,23H,6-8,10-12H2,1-5H3,(H,18,19)/t17-/m1/s1. The number of carbonyl (C=O) groups is 1. The fraction of sp³-hybridized carbons (Fsp3) is 0.765. The number of ether oxygens (including phenoxy) is 1. The summed E-state index contributed by atoms with van der Waals surface area (Å²) in [5, 5.41) is 18.1. The number of hydrogen-bond acceptors (Lipinski definition) is 5. The first-order chi connectivity index (χ1) is 11.1. The van der Waals surface area contributed by atoms with Crippen LogP contribution in [0.2, 0.25) is 0 Å². The van der Waals surface area contributed by atoms with Crippen molar-refractivity contribution in [1.29, 1.82) is 0 Å². The molecule has 1 aromatic heterocycles. The van der Waals surface area contributed by atoms with Gasteiger partial charge in [-0.25, -0.2) is 0 Å². The maximum atomic E-state index is 12.0. The lowest BCUT2D eigenvalue weighted by Crippen LogP contribution is -2.47. The third-order valence-corrected chi connectivity index (χ3v) is 4.28. The van der Waals surface area contributed by atoms with Crippen molar-refractivity contribution in [2.75, 3.05) is 40.4 Å². The number of aliphatic hydroxyl groups is 1. The second-order valence-electron chi connectivity index (χ2n) is 7.97. The molecule has 2 N–H and O–H groups in total. The lowest BCUT2D eigenvalue weighted by Gasteiger charge is -2.31. The number of aromatic amines is 1. The first kappa shape index (κ1) is 18.9. The van der Waals surface area contributed by atoms with E-state index in [1.165, 1.54) is 4.90 Å². The number of nitrogens with one attached hydrogen (secondary N) is 1. The molecule has 1 aliphatic rings. The van der Waals surface area contributed by atoms with E-state index in [2.05, 4.69) is 35.9 Å². The number of rotatable bonds is 4. The third-order valence-electron chi connectivity index (χ3n) is 4.28. The van der Waals surface area contributed by atoms with Crippen molar-refractivity contribution in [3.05, 3.63) is 17.5 Å². The van der Waals surface area contributed by atoms with Gasteiger partial charge in [0.2, 0.25) is 5.91 Å². The highest BCUT2D eigenvalue weighted by atomic mass is 16.5. The van der Waals surface area contributed by atoms with Crippen LogP contribution in [0.3, 0.4) is 0 Å². The van der Waals surface area contributed by atoms with Gasteiger partial charge in [-0.3, -0.25) is 14.8 Å². The molecule has 7 nitrogen and oxygen atoms in total. The van der Waals surface area contributed by atoms with Crippen LogP contribution in [0.4, 0.5) is 0 Å². The van der Waals surface area contributed by atoms with Gasteiger partial charge in [-0.05, 0) is 0 Å². The maximum absolute atomic E-state index is 12.0. The summed E-state index contributed by atoms with van der Waals surface area (Å²) in [7, 11) is 3.39. The molecule has 0 aliphatic carbocycles. The number of hydrogen-bond donors (Lipinski definition) is 2. The highest BCUT2D eigenvalue weighted by Crippen LogP contribution is 2.26. The summed E-state index contributed by atoms with van der Waals surface area (Å²) in [6, 6.07) is 0. The van der Waals surface area contributed by atoms with Crippen molar-refractivity contribution in [3.63, 3.8) is 0 Å². The molecule has 1 fully saturated rings. The van der Waals surface area contributed by atoms with Crippen molar-refractivity contribution in [2.45, 2.75) is 44.8 Å². The van der Waals surface area contributed by atoms with Crippen molar-refractivity contribution in [3.8, 4) is 0 Å². The lowest BCUT2D eigenvalue weighted by molar-refractivity contribution is -0.136. The summed E-state index contributed by atoms with van der Waals surface area (Å²) in [5.41, 5.74) is 1.03. The van der Waals surface area contributed by atoms with Gasteiger partial charge in [0, 0.05) is 50.4 Å². The minimum absolute atomic E-state index is 0.0224. The zero-order valence-corrected chi connectivity index (χ0v) is 15.4. The molecule has 7 heteroatoms. The number of β-amino-alcohol motifs (C(OH)–C–C–N with tert-alkyl or cyclic N) is 1. The molecule has 2 rings (SSSR count). The fourth-order valence-electron chi connectivity index (χ4n) is 3.00. The van der Waals surface area contributed by atoms with Crippen LogP contribution < -0.4 is 0 Å². The van der Waals surface area contributed by atoms with Gasteiger partial charge in [-0.15, -0.1) is 0 Å². The van der Waals surface area contributed by atoms with Gasteiger partial charge in [-0.2, -0.15) is 5.10 Å². The molecule has 0 aromatic carbocycles. The minimum Gasteiger partial charge on any atom is -0.386 e. The molecule has 1 saturated heterocycles. The van der Waals surface area contributed by atoms with E-state index in [1.807, 2.05) is 6.20 Å². The fourth-order valence-corrected chi connectivity index (χ4v) is 3.00. The van der Waals surface area contributed by atoms with Gasteiger partial charge in [0.15, 0.2) is 0 Å². The van der Waals surface area contributed by atoms with E-state index in [-0.39, 0.29) is 24.3 Å². The van der Waals surface area contributed by atoms with E-state index in [0.29, 0.717) is 26.2 Å². The number of carbonyl (C=O) groups excluding carboxylic acids is 1. The quantitative estimate of drug-likeness (QED) is 0.847. The van der Waals surface area contributed by atoms with Crippen molar-refractivity contribution in [1.82, 2.24) is 20.0 Å². The molecule has 0 radical (unpaired) electrons. The Morgan fingerprint density at radius 3 is 2.83 bits per heavy atom. The average molecular weight is 338 g/mol. The Balaban J connectivity index is 2.10. The zero-order valence-electron chi connectivity index (χ0n) is 15.4. The second kappa shape index (κ2) is 7.21. The van der Waals surface area contributed by atoms with Crippen molar-refractivity contribution in [2.24, 2.45) is 0 Å². The van der Waals surface area contributed by atoms with E-state index in [0.717, 1.165) is 11.3 Å². The Bertz CT molecular complexity index is 564. The summed E-state index contributed by atoms with van der Waals surface area (Å²) < 4.78 is 5.55. The van der Waals surface area contributed by atoms with Crippen LogP contribution in [-0.2, 0) is 21.5 Å². The minimum atomic E-state index is -1.16. The molecule has 0 spiro atoms.